The standard InChI is InChI=1S/C54H34S.C30H21BO2S.C25H15F3O3S/c1-4-15-35(16-5-1)41-31-48(37-19-8-3-9-20-37)53-51(33-41)52-34-42(36-17-6-2-7-18-36)32-49(54(52)55-53)40-22-14-21-38(29-40)39-27-28-47-45-25-11-10-23-43(45)44-24-12-13-26-46(44)50(47)30-39;32-31(33)28-19-24(21-12-6-2-7-13-21)18-27-26-17-23(20-10-4-1-5-11-20)16-25(29(26)34-30(27)28)22-14-8-3-9-15-22;26-25(27,28)32(29,30)31-18-7-5-6-16(14-18)17-12-13-23-21-10-2-1-8-19(21)20-9-3-4-11-22(20)24(23)15-17/h1-34H;1-19,32-33H;1-15H. The molecule has 0 fully saturated rings. The van der Waals surface area contributed by atoms with Gasteiger partial charge in [-0.1, -0.05) is 340 Å². The second-order valence-electron chi connectivity index (χ2n) is 30.2. The molecular formula is C109H70BF3O5S3. The molecule has 12 heteroatoms. The third kappa shape index (κ3) is 14.4. The molecule has 22 aromatic rings. The molecule has 0 aliphatic carbocycles. The van der Waals surface area contributed by atoms with Crippen molar-refractivity contribution >= 4 is 150 Å². The molecule has 0 aliphatic rings. The summed E-state index contributed by atoms with van der Waals surface area (Å²) in [6, 6.07) is 143. The van der Waals surface area contributed by atoms with Crippen LogP contribution in [0.1, 0.15) is 0 Å². The lowest BCUT2D eigenvalue weighted by Crippen LogP contribution is -2.30. The highest BCUT2D eigenvalue weighted by Crippen LogP contribution is 2.50. The van der Waals surface area contributed by atoms with Gasteiger partial charge in [-0.25, -0.2) is 0 Å². The molecule has 2 aromatic heterocycles. The highest BCUT2D eigenvalue weighted by atomic mass is 32.2. The van der Waals surface area contributed by atoms with Crippen LogP contribution in [-0.2, 0) is 10.1 Å². The minimum absolute atomic E-state index is 0.400. The summed E-state index contributed by atoms with van der Waals surface area (Å²) < 4.78 is 69.7. The fourth-order valence-electron chi connectivity index (χ4n) is 17.2. The molecule has 2 heterocycles. The van der Waals surface area contributed by atoms with E-state index in [2.05, 4.69) is 295 Å². The van der Waals surface area contributed by atoms with Crippen molar-refractivity contribution in [1.82, 2.24) is 0 Å². The van der Waals surface area contributed by atoms with Gasteiger partial charge in [-0.2, -0.15) is 21.6 Å². The quantitative estimate of drug-likeness (QED) is 0.0551. The molecule has 0 unspecified atom stereocenters. The Morgan fingerprint density at radius 2 is 0.479 bits per heavy atom. The number of thiophene rings is 2. The maximum absolute atomic E-state index is 12.7. The van der Waals surface area contributed by atoms with Gasteiger partial charge in [0.25, 0.3) is 0 Å². The number of alkyl halides is 3. The van der Waals surface area contributed by atoms with E-state index in [1.54, 1.807) is 17.4 Å². The van der Waals surface area contributed by atoms with Crippen LogP contribution in [0.25, 0.3) is 205 Å². The zero-order valence-electron chi connectivity index (χ0n) is 64.8. The minimum Gasteiger partial charge on any atom is -0.423 e. The second-order valence-corrected chi connectivity index (χ2v) is 33.8. The largest absolute Gasteiger partial charge is 0.534 e. The number of rotatable bonds is 12. The summed E-state index contributed by atoms with van der Waals surface area (Å²) >= 11 is 3.54. The van der Waals surface area contributed by atoms with Gasteiger partial charge < -0.3 is 14.2 Å². The Kier molecular flexibility index (Phi) is 19.8. The molecule has 20 aromatic carbocycles. The topological polar surface area (TPSA) is 83.8 Å². The Balaban J connectivity index is 0.000000123. The summed E-state index contributed by atoms with van der Waals surface area (Å²) in [6.07, 6.45) is 0. The van der Waals surface area contributed by atoms with Crippen LogP contribution in [0.2, 0.25) is 0 Å². The summed E-state index contributed by atoms with van der Waals surface area (Å²) in [7, 11) is -7.29. The van der Waals surface area contributed by atoms with Gasteiger partial charge in [0.2, 0.25) is 0 Å². The van der Waals surface area contributed by atoms with Crippen LogP contribution in [0.3, 0.4) is 0 Å². The smallest absolute Gasteiger partial charge is 0.423 e. The van der Waals surface area contributed by atoms with Crippen LogP contribution in [-0.4, -0.2) is 31.1 Å². The number of fused-ring (bicyclic) bond motifs is 18. The minimum atomic E-state index is -5.74. The van der Waals surface area contributed by atoms with E-state index in [9.17, 15) is 31.6 Å². The Labute approximate surface area is 704 Å². The highest BCUT2D eigenvalue weighted by molar-refractivity contribution is 7.88. The van der Waals surface area contributed by atoms with Crippen molar-refractivity contribution < 1.29 is 35.8 Å². The summed E-state index contributed by atoms with van der Waals surface area (Å²) in [5.41, 5.74) is 15.3. The first-order valence-electron chi connectivity index (χ1n) is 39.9. The van der Waals surface area contributed by atoms with E-state index >= 15 is 0 Å². The molecule has 0 saturated heterocycles. The lowest BCUT2D eigenvalue weighted by Gasteiger charge is -2.13. The SMILES string of the molecule is O=S(=O)(Oc1cccc(-c2ccc3c4ccccc4c4ccccc4c3c2)c1)C(F)(F)F.OB(O)c1cc(-c2ccccc2)cc2c1sc1c(-c3ccccc3)cc(-c3ccccc3)cc12.c1ccc(-c2cc(-c3ccccc3)c3sc4c(-c5cccc(-c6ccc7c8ccccc8c8ccccc8c7c6)c5)cc(-c5ccccc5)cc4c3c2)cc1. The Bertz CT molecular complexity index is 7810. The molecular weight excluding hydrogens is 1550 g/mol. The maximum Gasteiger partial charge on any atom is 0.534 e. The van der Waals surface area contributed by atoms with Crippen LogP contribution in [0.4, 0.5) is 13.2 Å². The fourth-order valence-corrected chi connectivity index (χ4v) is 20.3. The molecule has 0 amide bonds. The monoisotopic (exact) mass is 1620 g/mol. The summed E-state index contributed by atoms with van der Waals surface area (Å²) in [5.74, 6) is -0.400. The number of halogens is 3. The summed E-state index contributed by atoms with van der Waals surface area (Å²) in [5, 5.41) is 39.6. The number of benzene rings is 20. The second kappa shape index (κ2) is 31.7. The predicted octanol–water partition coefficient (Wildman–Crippen LogP) is 29.6. The van der Waals surface area contributed by atoms with Crippen molar-refractivity contribution in [2.24, 2.45) is 0 Å². The van der Waals surface area contributed by atoms with Gasteiger partial charge in [-0.15, -0.1) is 22.7 Å². The summed E-state index contributed by atoms with van der Waals surface area (Å²) in [4.78, 5) is 0. The van der Waals surface area contributed by atoms with E-state index in [0.717, 1.165) is 91.4 Å². The fraction of sp³-hybridized carbons (Fsp3) is 0.00917. The predicted molar refractivity (Wildman–Crippen MR) is 504 cm³/mol. The first-order chi connectivity index (χ1) is 59.2. The number of hydrogen-bond donors (Lipinski definition) is 2. The molecule has 22 rings (SSSR count). The Morgan fingerprint density at radius 3 is 0.835 bits per heavy atom. The van der Waals surface area contributed by atoms with Crippen molar-refractivity contribution in [3.8, 4) is 106 Å². The first-order valence-corrected chi connectivity index (χ1v) is 42.9. The van der Waals surface area contributed by atoms with Crippen LogP contribution < -0.4 is 9.65 Å². The lowest BCUT2D eigenvalue weighted by molar-refractivity contribution is -0.0500. The molecule has 121 heavy (non-hydrogen) atoms. The molecule has 0 saturated carbocycles. The highest BCUT2D eigenvalue weighted by Gasteiger charge is 2.48. The van der Waals surface area contributed by atoms with E-state index in [4.69, 9.17) is 0 Å². The van der Waals surface area contributed by atoms with Gasteiger partial charge in [0.05, 0.1) is 0 Å². The van der Waals surface area contributed by atoms with Crippen molar-refractivity contribution in [1.29, 1.82) is 0 Å². The molecule has 0 radical (unpaired) electrons. The van der Waals surface area contributed by atoms with E-state index in [-0.39, 0.29) is 0 Å². The van der Waals surface area contributed by atoms with Gasteiger partial charge in [0.15, 0.2) is 0 Å². The lowest BCUT2D eigenvalue weighted by atomic mass is 9.78. The molecule has 0 atom stereocenters. The van der Waals surface area contributed by atoms with Gasteiger partial charge in [-0.3, -0.25) is 0 Å². The van der Waals surface area contributed by atoms with E-state index in [1.165, 1.54) is 126 Å². The zero-order valence-corrected chi connectivity index (χ0v) is 67.3. The molecule has 5 nitrogen and oxygen atoms in total. The van der Waals surface area contributed by atoms with Gasteiger partial charge in [0, 0.05) is 62.5 Å². The Hall–Kier alpha value is -14.1. The first kappa shape index (κ1) is 75.7. The van der Waals surface area contributed by atoms with Crippen LogP contribution in [0.15, 0.2) is 413 Å². The van der Waals surface area contributed by atoms with E-state index in [1.807, 2.05) is 108 Å². The van der Waals surface area contributed by atoms with Gasteiger partial charge in [-0.05, 0) is 221 Å². The van der Waals surface area contributed by atoms with E-state index in [0.29, 0.717) is 11.0 Å². The third-order valence-electron chi connectivity index (χ3n) is 22.9. The average molecular weight is 1620 g/mol. The third-order valence-corrected chi connectivity index (χ3v) is 26.5. The zero-order chi connectivity index (χ0) is 81.9. The summed E-state index contributed by atoms with van der Waals surface area (Å²) in [6.45, 7) is 0. The molecule has 0 bridgehead atoms. The molecule has 2 N–H and O–H groups in total. The number of hydrogen-bond acceptors (Lipinski definition) is 7. The van der Waals surface area contributed by atoms with Crippen molar-refractivity contribution in [3.63, 3.8) is 0 Å². The van der Waals surface area contributed by atoms with Gasteiger partial charge in [0.1, 0.15) is 5.75 Å². The normalized spacial score (nSPS) is 11.7. The van der Waals surface area contributed by atoms with Crippen LogP contribution >= 0.6 is 22.7 Å². The van der Waals surface area contributed by atoms with Crippen molar-refractivity contribution in [3.05, 3.63) is 413 Å². The molecule has 0 spiro atoms. The maximum atomic E-state index is 12.7. The van der Waals surface area contributed by atoms with Crippen LogP contribution in [0, 0.1) is 0 Å². The average Bonchev–Trinajstić information content (AvgIpc) is 1.71. The van der Waals surface area contributed by atoms with Gasteiger partial charge >= 0.3 is 22.7 Å². The van der Waals surface area contributed by atoms with Crippen molar-refractivity contribution in [2.45, 2.75) is 5.51 Å². The molecule has 0 aliphatic heterocycles. The molecule has 578 valence electrons. The van der Waals surface area contributed by atoms with Crippen LogP contribution in [0.5, 0.6) is 5.75 Å². The Morgan fingerprint density at radius 1 is 0.223 bits per heavy atom. The van der Waals surface area contributed by atoms with Crippen molar-refractivity contribution in [2.75, 3.05) is 0 Å². The van der Waals surface area contributed by atoms with E-state index < -0.39 is 28.5 Å².